The van der Waals surface area contributed by atoms with E-state index in [1.54, 1.807) is 35.5 Å². The van der Waals surface area contributed by atoms with Crippen LogP contribution in [0.1, 0.15) is 61.6 Å². The van der Waals surface area contributed by atoms with Gasteiger partial charge in [-0.05, 0) is 66.6 Å². The van der Waals surface area contributed by atoms with Gasteiger partial charge >= 0.3 is 8.80 Å². The first kappa shape index (κ1) is 38.7. The van der Waals surface area contributed by atoms with E-state index in [0.29, 0.717) is 45.0 Å². The Bertz CT molecular complexity index is 1300. The number of benzene rings is 3. The van der Waals surface area contributed by atoms with Crippen molar-refractivity contribution in [2.45, 2.75) is 56.6 Å². The molecule has 0 saturated carbocycles. The Morgan fingerprint density at radius 1 is 0.583 bits per heavy atom. The van der Waals surface area contributed by atoms with Gasteiger partial charge in [0.1, 0.15) is 17.1 Å². The van der Waals surface area contributed by atoms with Crippen molar-refractivity contribution in [2.24, 2.45) is 0 Å². The summed E-state index contributed by atoms with van der Waals surface area (Å²) in [4.78, 5) is 24.8. The number of amides is 2. The zero-order valence-electron chi connectivity index (χ0n) is 29.0. The Labute approximate surface area is 286 Å². The summed E-state index contributed by atoms with van der Waals surface area (Å²) in [6.07, 6.45) is 4.51. The summed E-state index contributed by atoms with van der Waals surface area (Å²) in [5, 5.41) is 5.95. The third kappa shape index (κ3) is 11.2. The van der Waals surface area contributed by atoms with Crippen LogP contribution >= 0.6 is 0 Å². The molecule has 2 N–H and O–H groups in total. The van der Waals surface area contributed by atoms with Crippen molar-refractivity contribution in [1.82, 2.24) is 10.6 Å². The maximum absolute atomic E-state index is 12.7. The van der Waals surface area contributed by atoms with Crippen LogP contribution in [0.25, 0.3) is 0 Å². The number of carbonyl (C=O) groups is 2. The molecule has 0 aliphatic rings. The molecule has 0 saturated heterocycles. The van der Waals surface area contributed by atoms with Crippen LogP contribution in [-0.4, -0.2) is 75.9 Å². The van der Waals surface area contributed by atoms with E-state index >= 15 is 0 Å². The Hall–Kier alpha value is -3.74. The second-order valence-corrected chi connectivity index (χ2v) is 14.5. The molecule has 0 aliphatic heterocycles. The van der Waals surface area contributed by atoms with Gasteiger partial charge in [-0.2, -0.15) is 0 Å². The van der Waals surface area contributed by atoms with Crippen molar-refractivity contribution >= 4 is 20.6 Å². The van der Waals surface area contributed by atoms with E-state index in [1.165, 1.54) is 0 Å². The van der Waals surface area contributed by atoms with Gasteiger partial charge in [0.2, 0.25) is 11.8 Å². The molecule has 0 fully saturated rings. The minimum absolute atomic E-state index is 0.0154. The van der Waals surface area contributed by atoms with Gasteiger partial charge in [-0.1, -0.05) is 61.0 Å². The van der Waals surface area contributed by atoms with E-state index < -0.39 is 14.4 Å². The van der Waals surface area contributed by atoms with E-state index in [1.807, 2.05) is 66.7 Å². The summed E-state index contributed by atoms with van der Waals surface area (Å²) >= 11 is 0. The van der Waals surface area contributed by atoms with Gasteiger partial charge in [0, 0.05) is 59.9 Å². The molecule has 3 aromatic rings. The lowest BCUT2D eigenvalue weighted by molar-refractivity contribution is -0.122. The minimum Gasteiger partial charge on any atom is -0.497 e. The highest BCUT2D eigenvalue weighted by atomic mass is 28.4. The van der Waals surface area contributed by atoms with Crippen molar-refractivity contribution in [2.75, 3.05) is 55.2 Å². The molecule has 0 heterocycles. The van der Waals surface area contributed by atoms with Crippen LogP contribution in [0.5, 0.6) is 11.5 Å². The molecule has 0 aromatic heterocycles. The van der Waals surface area contributed by atoms with Gasteiger partial charge in [0.25, 0.3) is 0 Å². The number of hydrogen-bond donors (Lipinski definition) is 2. The van der Waals surface area contributed by atoms with Gasteiger partial charge in [0.05, 0.1) is 14.2 Å². The monoisotopic (exact) mass is 680 g/mol. The Morgan fingerprint density at radius 2 is 1.06 bits per heavy atom. The van der Waals surface area contributed by atoms with Crippen molar-refractivity contribution < 1.29 is 37.1 Å². The molecule has 0 bridgehead atoms. The predicted molar refractivity (Wildman–Crippen MR) is 188 cm³/mol. The molecule has 48 heavy (non-hydrogen) atoms. The summed E-state index contributed by atoms with van der Waals surface area (Å²) in [5.74, 6) is 1.52. The summed E-state index contributed by atoms with van der Waals surface area (Å²) in [5.41, 5.74) is 1.96. The highest BCUT2D eigenvalue weighted by Gasteiger charge is 2.38. The zero-order chi connectivity index (χ0) is 34.7. The second kappa shape index (κ2) is 20.6. The first-order valence-corrected chi connectivity index (χ1v) is 18.5. The molecule has 0 aliphatic carbocycles. The number of ether oxygens (including phenoxy) is 3. The normalized spacial score (nSPS) is 11.6. The van der Waals surface area contributed by atoms with Crippen LogP contribution in [0.4, 0.5) is 0 Å². The highest BCUT2D eigenvalue weighted by Crippen LogP contribution is 2.41. The second-order valence-electron chi connectivity index (χ2n) is 11.4. The third-order valence-electron chi connectivity index (χ3n) is 8.36. The maximum Gasteiger partial charge on any atom is 0.500 e. The zero-order valence-corrected chi connectivity index (χ0v) is 30.0. The van der Waals surface area contributed by atoms with Crippen molar-refractivity contribution in [3.05, 3.63) is 95.6 Å². The standard InChI is InChI=1S/C37H52N2O8Si/c1-42-33-22-18-31(19-23-33)37(30-14-8-6-9-15-30,32-20-24-34(43-2)25-21-32)47-28-12-17-36(41)38-26-11-7-10-16-35(40)39-27-13-29-48(44-3,45-4)46-5/h6,8-9,14-15,18-25H,7,10-13,16-17,26-29H2,1-5H3,(H,38,41)(H,39,40). The van der Waals surface area contributed by atoms with Crippen LogP contribution in [0, 0.1) is 0 Å². The number of nitrogens with one attached hydrogen (secondary N) is 2. The van der Waals surface area contributed by atoms with E-state index in [9.17, 15) is 9.59 Å². The average Bonchev–Trinajstić information content (AvgIpc) is 3.14. The highest BCUT2D eigenvalue weighted by molar-refractivity contribution is 6.60. The van der Waals surface area contributed by atoms with Crippen molar-refractivity contribution in [3.8, 4) is 11.5 Å². The number of hydrogen-bond acceptors (Lipinski definition) is 8. The molecule has 0 spiro atoms. The molecular formula is C37H52N2O8Si. The molecule has 262 valence electrons. The van der Waals surface area contributed by atoms with E-state index in [4.69, 9.17) is 27.5 Å². The van der Waals surface area contributed by atoms with Gasteiger partial charge in [0.15, 0.2) is 0 Å². The lowest BCUT2D eigenvalue weighted by Gasteiger charge is -2.36. The summed E-state index contributed by atoms with van der Waals surface area (Å²) in [6.45, 7) is 1.49. The van der Waals surface area contributed by atoms with Crippen LogP contribution in [-0.2, 0) is 33.2 Å². The van der Waals surface area contributed by atoms with Crippen molar-refractivity contribution in [3.63, 3.8) is 0 Å². The van der Waals surface area contributed by atoms with Crippen LogP contribution in [0.3, 0.4) is 0 Å². The fraction of sp³-hybridized carbons (Fsp3) is 0.459. The Kier molecular flexibility index (Phi) is 16.6. The average molecular weight is 681 g/mol. The fourth-order valence-electron chi connectivity index (χ4n) is 5.61. The topological polar surface area (TPSA) is 114 Å². The molecular weight excluding hydrogens is 628 g/mol. The van der Waals surface area contributed by atoms with E-state index in [-0.39, 0.29) is 11.8 Å². The molecule has 0 atom stereocenters. The number of carbonyl (C=O) groups excluding carboxylic acids is 2. The van der Waals surface area contributed by atoms with Gasteiger partial charge in [-0.3, -0.25) is 9.59 Å². The van der Waals surface area contributed by atoms with Crippen LogP contribution in [0.15, 0.2) is 78.9 Å². The Morgan fingerprint density at radius 3 is 1.56 bits per heavy atom. The fourth-order valence-corrected chi connectivity index (χ4v) is 7.34. The smallest absolute Gasteiger partial charge is 0.497 e. The van der Waals surface area contributed by atoms with Gasteiger partial charge < -0.3 is 38.1 Å². The first-order valence-electron chi connectivity index (χ1n) is 16.5. The molecule has 2 amide bonds. The lowest BCUT2D eigenvalue weighted by atomic mass is 9.80. The molecule has 10 nitrogen and oxygen atoms in total. The number of unbranched alkanes of at least 4 members (excludes halogenated alkanes) is 2. The summed E-state index contributed by atoms with van der Waals surface area (Å²) in [6, 6.07) is 26.5. The molecule has 0 unspecified atom stereocenters. The van der Waals surface area contributed by atoms with Crippen LogP contribution < -0.4 is 20.1 Å². The van der Waals surface area contributed by atoms with Gasteiger partial charge in [-0.25, -0.2) is 0 Å². The first-order chi connectivity index (χ1) is 23.4. The molecule has 0 radical (unpaired) electrons. The van der Waals surface area contributed by atoms with Gasteiger partial charge in [-0.15, -0.1) is 0 Å². The largest absolute Gasteiger partial charge is 0.500 e. The summed E-state index contributed by atoms with van der Waals surface area (Å²) < 4.78 is 33.9. The molecule has 11 heteroatoms. The van der Waals surface area contributed by atoms with E-state index in [2.05, 4.69) is 22.8 Å². The maximum atomic E-state index is 12.7. The Balaban J connectivity index is 1.47. The third-order valence-corrected chi connectivity index (χ3v) is 11.2. The number of methoxy groups -OCH3 is 2. The lowest BCUT2D eigenvalue weighted by Crippen LogP contribution is -2.43. The summed E-state index contributed by atoms with van der Waals surface area (Å²) in [7, 11) is 5.44. The minimum atomic E-state index is -2.61. The molecule has 3 aromatic carbocycles. The van der Waals surface area contributed by atoms with E-state index in [0.717, 1.165) is 53.9 Å². The number of rotatable bonds is 23. The molecule has 3 rings (SSSR count). The predicted octanol–water partition coefficient (Wildman–Crippen LogP) is 5.85. The van der Waals surface area contributed by atoms with Crippen LogP contribution in [0.2, 0.25) is 6.04 Å². The SMILES string of the molecule is COc1ccc(C(OCCCC(=O)NCCCCCC(=O)NCCC[Si](OC)(OC)OC)(c2ccccc2)c2ccc(OC)cc2)cc1. The quantitative estimate of drug-likeness (QED) is 0.0729. The van der Waals surface area contributed by atoms with Crippen molar-refractivity contribution in [1.29, 1.82) is 0 Å².